The maximum Gasteiger partial charge on any atom is 0.255 e. The molecule has 1 aromatic carbocycles. The van der Waals surface area contributed by atoms with Crippen molar-refractivity contribution in [3.05, 3.63) is 35.5 Å². The van der Waals surface area contributed by atoms with Crippen LogP contribution in [0.25, 0.3) is 10.9 Å². The van der Waals surface area contributed by atoms with Crippen molar-refractivity contribution in [2.45, 2.75) is 6.92 Å². The standard InChI is InChI=1S/C13H13N3O/c1-8-3-2-4-9-11(8)16-7-10-12(9)14-5-6-15-13(10)17/h2-4,7,14H,5-6H2,1H3,(H,15,17). The summed E-state index contributed by atoms with van der Waals surface area (Å²) >= 11 is 0. The van der Waals surface area contributed by atoms with E-state index in [1.54, 1.807) is 6.20 Å². The normalized spacial score (nSPS) is 14.8. The molecule has 4 nitrogen and oxygen atoms in total. The number of hydrogen-bond donors (Lipinski definition) is 2. The Hall–Kier alpha value is -2.10. The minimum absolute atomic E-state index is 0.0547. The molecule has 0 radical (unpaired) electrons. The molecule has 0 unspecified atom stereocenters. The molecule has 0 aliphatic carbocycles. The molecular formula is C13H13N3O. The predicted molar refractivity (Wildman–Crippen MR) is 67.3 cm³/mol. The number of benzene rings is 1. The molecule has 1 amide bonds. The number of rotatable bonds is 0. The first-order valence-corrected chi connectivity index (χ1v) is 5.68. The molecule has 0 saturated heterocycles. The van der Waals surface area contributed by atoms with Gasteiger partial charge in [-0.1, -0.05) is 18.2 Å². The predicted octanol–water partition coefficient (Wildman–Crippen LogP) is 1.70. The second-order valence-electron chi connectivity index (χ2n) is 4.20. The summed E-state index contributed by atoms with van der Waals surface area (Å²) < 4.78 is 0. The number of carbonyl (C=O) groups is 1. The highest BCUT2D eigenvalue weighted by molar-refractivity contribution is 6.08. The van der Waals surface area contributed by atoms with Gasteiger partial charge < -0.3 is 10.6 Å². The van der Waals surface area contributed by atoms with Crippen LogP contribution in [0.1, 0.15) is 15.9 Å². The Balaban J connectivity index is 2.35. The SMILES string of the molecule is Cc1cccc2c3c(cnc12)C(=O)NCCN3. The third kappa shape index (κ3) is 1.53. The fourth-order valence-electron chi connectivity index (χ4n) is 2.19. The summed E-state index contributed by atoms with van der Waals surface area (Å²) in [7, 11) is 0. The zero-order valence-corrected chi connectivity index (χ0v) is 9.58. The molecular weight excluding hydrogens is 214 g/mol. The molecule has 1 aliphatic heterocycles. The number of nitrogens with one attached hydrogen (secondary N) is 2. The molecule has 1 aromatic heterocycles. The van der Waals surface area contributed by atoms with Crippen molar-refractivity contribution in [1.29, 1.82) is 0 Å². The van der Waals surface area contributed by atoms with Gasteiger partial charge in [0.25, 0.3) is 5.91 Å². The molecule has 2 aromatic rings. The van der Waals surface area contributed by atoms with Gasteiger partial charge in [-0.2, -0.15) is 0 Å². The molecule has 2 heterocycles. The third-order valence-electron chi connectivity index (χ3n) is 3.06. The first-order valence-electron chi connectivity index (χ1n) is 5.68. The van der Waals surface area contributed by atoms with Gasteiger partial charge in [-0.3, -0.25) is 9.78 Å². The summed E-state index contributed by atoms with van der Waals surface area (Å²) in [6.45, 7) is 3.41. The van der Waals surface area contributed by atoms with Gasteiger partial charge in [0, 0.05) is 24.7 Å². The van der Waals surface area contributed by atoms with E-state index in [0.29, 0.717) is 12.1 Å². The number of pyridine rings is 1. The number of nitrogens with zero attached hydrogens (tertiary/aromatic N) is 1. The van der Waals surface area contributed by atoms with Gasteiger partial charge in [-0.15, -0.1) is 0 Å². The third-order valence-corrected chi connectivity index (χ3v) is 3.06. The van der Waals surface area contributed by atoms with Crippen molar-refractivity contribution in [2.75, 3.05) is 18.4 Å². The second kappa shape index (κ2) is 3.73. The zero-order chi connectivity index (χ0) is 11.8. The van der Waals surface area contributed by atoms with Crippen LogP contribution >= 0.6 is 0 Å². The van der Waals surface area contributed by atoms with Crippen LogP contribution in [0.5, 0.6) is 0 Å². The molecule has 3 rings (SSSR count). The van der Waals surface area contributed by atoms with E-state index in [1.165, 1.54) is 0 Å². The quantitative estimate of drug-likeness (QED) is 0.720. The molecule has 0 atom stereocenters. The minimum Gasteiger partial charge on any atom is -0.382 e. The van der Waals surface area contributed by atoms with Crippen LogP contribution in [-0.4, -0.2) is 24.0 Å². The van der Waals surface area contributed by atoms with Crippen LogP contribution in [0, 0.1) is 6.92 Å². The Morgan fingerprint density at radius 2 is 2.06 bits per heavy atom. The van der Waals surface area contributed by atoms with Crippen LogP contribution in [-0.2, 0) is 0 Å². The van der Waals surface area contributed by atoms with Crippen LogP contribution < -0.4 is 10.6 Å². The van der Waals surface area contributed by atoms with Gasteiger partial charge in [0.1, 0.15) is 0 Å². The summed E-state index contributed by atoms with van der Waals surface area (Å²) in [4.78, 5) is 16.2. The fraction of sp³-hybridized carbons (Fsp3) is 0.231. The largest absolute Gasteiger partial charge is 0.382 e. The average Bonchev–Trinajstić information content (AvgIpc) is 2.52. The van der Waals surface area contributed by atoms with Crippen molar-refractivity contribution in [1.82, 2.24) is 10.3 Å². The van der Waals surface area contributed by atoms with E-state index in [2.05, 4.69) is 15.6 Å². The number of para-hydroxylation sites is 1. The number of anilines is 1. The van der Waals surface area contributed by atoms with Crippen molar-refractivity contribution in [3.8, 4) is 0 Å². The lowest BCUT2D eigenvalue weighted by Gasteiger charge is -2.10. The zero-order valence-electron chi connectivity index (χ0n) is 9.58. The average molecular weight is 227 g/mol. The highest BCUT2D eigenvalue weighted by atomic mass is 16.1. The second-order valence-corrected chi connectivity index (χ2v) is 4.20. The van der Waals surface area contributed by atoms with E-state index in [-0.39, 0.29) is 5.91 Å². The van der Waals surface area contributed by atoms with Gasteiger partial charge in [-0.25, -0.2) is 0 Å². The Labute approximate surface area is 99.0 Å². The van der Waals surface area contributed by atoms with Gasteiger partial charge in [-0.05, 0) is 12.5 Å². The molecule has 17 heavy (non-hydrogen) atoms. The smallest absolute Gasteiger partial charge is 0.255 e. The number of carbonyl (C=O) groups excluding carboxylic acids is 1. The molecule has 1 aliphatic rings. The Morgan fingerprint density at radius 3 is 2.94 bits per heavy atom. The first kappa shape index (κ1) is 10.1. The lowest BCUT2D eigenvalue weighted by molar-refractivity contribution is 0.0958. The Morgan fingerprint density at radius 1 is 1.24 bits per heavy atom. The number of hydrogen-bond acceptors (Lipinski definition) is 3. The fourth-order valence-corrected chi connectivity index (χ4v) is 2.19. The van der Waals surface area contributed by atoms with Crippen molar-refractivity contribution >= 4 is 22.5 Å². The molecule has 0 saturated carbocycles. The highest BCUT2D eigenvalue weighted by Gasteiger charge is 2.17. The highest BCUT2D eigenvalue weighted by Crippen LogP contribution is 2.28. The van der Waals surface area contributed by atoms with E-state index < -0.39 is 0 Å². The first-order chi connectivity index (χ1) is 8.27. The van der Waals surface area contributed by atoms with Crippen LogP contribution in [0.3, 0.4) is 0 Å². The summed E-state index contributed by atoms with van der Waals surface area (Å²) in [6.07, 6.45) is 1.65. The van der Waals surface area contributed by atoms with Crippen LogP contribution in [0.2, 0.25) is 0 Å². The van der Waals surface area contributed by atoms with Crippen molar-refractivity contribution in [3.63, 3.8) is 0 Å². The number of aryl methyl sites for hydroxylation is 1. The topological polar surface area (TPSA) is 54.0 Å². The van der Waals surface area contributed by atoms with E-state index in [0.717, 1.165) is 28.7 Å². The van der Waals surface area contributed by atoms with Crippen LogP contribution in [0.4, 0.5) is 5.69 Å². The Bertz CT molecular complexity index is 607. The molecule has 86 valence electrons. The molecule has 0 spiro atoms. The van der Waals surface area contributed by atoms with E-state index in [9.17, 15) is 4.79 Å². The summed E-state index contributed by atoms with van der Waals surface area (Å²) in [5.41, 5.74) is 3.60. The number of amides is 1. The van der Waals surface area contributed by atoms with Gasteiger partial charge >= 0.3 is 0 Å². The summed E-state index contributed by atoms with van der Waals surface area (Å²) in [5.74, 6) is -0.0547. The van der Waals surface area contributed by atoms with Crippen molar-refractivity contribution < 1.29 is 4.79 Å². The number of fused-ring (bicyclic) bond motifs is 3. The maximum absolute atomic E-state index is 11.8. The lowest BCUT2D eigenvalue weighted by Crippen LogP contribution is -2.24. The minimum atomic E-state index is -0.0547. The summed E-state index contributed by atoms with van der Waals surface area (Å²) in [6, 6.07) is 6.02. The lowest BCUT2D eigenvalue weighted by atomic mass is 10.1. The molecule has 4 heteroatoms. The van der Waals surface area contributed by atoms with Gasteiger partial charge in [0.05, 0.1) is 16.8 Å². The van der Waals surface area contributed by atoms with E-state index in [4.69, 9.17) is 0 Å². The molecule has 0 fully saturated rings. The molecule has 2 N–H and O–H groups in total. The van der Waals surface area contributed by atoms with Crippen LogP contribution in [0.15, 0.2) is 24.4 Å². The summed E-state index contributed by atoms with van der Waals surface area (Å²) in [5, 5.41) is 7.15. The monoisotopic (exact) mass is 227 g/mol. The molecule has 0 bridgehead atoms. The Kier molecular flexibility index (Phi) is 2.21. The van der Waals surface area contributed by atoms with Gasteiger partial charge in [0.2, 0.25) is 0 Å². The van der Waals surface area contributed by atoms with Gasteiger partial charge in [0.15, 0.2) is 0 Å². The maximum atomic E-state index is 11.8. The van der Waals surface area contributed by atoms with E-state index >= 15 is 0 Å². The number of aromatic nitrogens is 1. The van der Waals surface area contributed by atoms with E-state index in [1.807, 2.05) is 25.1 Å². The van der Waals surface area contributed by atoms with Crippen molar-refractivity contribution in [2.24, 2.45) is 0 Å².